The van der Waals surface area contributed by atoms with Gasteiger partial charge in [-0.05, 0) is 32.1 Å². The van der Waals surface area contributed by atoms with Crippen LogP contribution in [-0.4, -0.2) is 38.8 Å². The largest absolute Gasteiger partial charge is 0.459 e. The summed E-state index contributed by atoms with van der Waals surface area (Å²) in [6.45, 7) is 5.20. The molecular weight excluding hydrogens is 240 g/mol. The molecule has 0 bridgehead atoms. The van der Waals surface area contributed by atoms with Crippen LogP contribution in [0.1, 0.15) is 18.4 Å². The van der Waals surface area contributed by atoms with Gasteiger partial charge in [0, 0.05) is 25.6 Å². The zero-order chi connectivity index (χ0) is 13.7. The van der Waals surface area contributed by atoms with Crippen LogP contribution in [0.4, 0.5) is 5.69 Å². The molecule has 1 aromatic carbocycles. The van der Waals surface area contributed by atoms with Gasteiger partial charge in [-0.3, -0.25) is 4.79 Å². The summed E-state index contributed by atoms with van der Waals surface area (Å²) in [4.78, 5) is 12.9. The molecule has 0 radical (unpaired) electrons. The summed E-state index contributed by atoms with van der Waals surface area (Å²) in [6, 6.07) is 8.40. The fraction of sp³-hybridized carbons (Fsp3) is 0.533. The maximum absolute atomic E-state index is 10.8. The molecule has 1 aliphatic heterocycles. The van der Waals surface area contributed by atoms with Gasteiger partial charge in [-0.25, -0.2) is 0 Å². The van der Waals surface area contributed by atoms with Crippen LogP contribution in [0.3, 0.4) is 0 Å². The summed E-state index contributed by atoms with van der Waals surface area (Å²) in [5.74, 6) is 0. The zero-order valence-electron chi connectivity index (χ0n) is 11.7. The van der Waals surface area contributed by atoms with Crippen molar-refractivity contribution in [3.8, 4) is 0 Å². The van der Waals surface area contributed by atoms with Crippen molar-refractivity contribution in [1.29, 1.82) is 0 Å². The van der Waals surface area contributed by atoms with Crippen LogP contribution in [0.25, 0.3) is 0 Å². The molecule has 0 aromatic heterocycles. The number of hydrogen-bond acceptors (Lipinski definition) is 4. The van der Waals surface area contributed by atoms with Gasteiger partial charge in [0.1, 0.15) is 5.60 Å². The molecule has 1 N–H and O–H groups in total. The number of rotatable bonds is 5. The first-order valence-electron chi connectivity index (χ1n) is 6.75. The Balaban J connectivity index is 2.07. The van der Waals surface area contributed by atoms with E-state index in [0.29, 0.717) is 6.47 Å². The molecule has 4 nitrogen and oxygen atoms in total. The van der Waals surface area contributed by atoms with Gasteiger partial charge in [0.2, 0.25) is 0 Å². The number of aryl methyl sites for hydroxylation is 1. The fourth-order valence-electron chi connectivity index (χ4n) is 2.62. The van der Waals surface area contributed by atoms with E-state index in [4.69, 9.17) is 4.74 Å². The van der Waals surface area contributed by atoms with Gasteiger partial charge in [0.05, 0.1) is 6.54 Å². The van der Waals surface area contributed by atoms with E-state index < -0.39 is 0 Å². The summed E-state index contributed by atoms with van der Waals surface area (Å²) in [5.41, 5.74) is 2.04. The molecule has 0 amide bonds. The van der Waals surface area contributed by atoms with E-state index in [9.17, 15) is 4.79 Å². The van der Waals surface area contributed by atoms with Crippen LogP contribution in [0.15, 0.2) is 24.3 Å². The second-order valence-electron chi connectivity index (χ2n) is 5.34. The van der Waals surface area contributed by atoms with Gasteiger partial charge >= 0.3 is 0 Å². The molecule has 1 aliphatic rings. The van der Waals surface area contributed by atoms with Gasteiger partial charge in [0.15, 0.2) is 0 Å². The summed E-state index contributed by atoms with van der Waals surface area (Å²) in [6.07, 6.45) is 1.73. The second-order valence-corrected chi connectivity index (χ2v) is 5.34. The van der Waals surface area contributed by atoms with Crippen molar-refractivity contribution in [3.63, 3.8) is 0 Å². The molecular formula is C15H22N2O2. The lowest BCUT2D eigenvalue weighted by Gasteiger charge is -2.39. The van der Waals surface area contributed by atoms with E-state index >= 15 is 0 Å². The maximum Gasteiger partial charge on any atom is 0.293 e. The topological polar surface area (TPSA) is 41.6 Å². The first-order valence-corrected chi connectivity index (χ1v) is 6.75. The molecule has 0 unspecified atom stereocenters. The molecule has 104 valence electrons. The smallest absolute Gasteiger partial charge is 0.293 e. The normalized spacial score (nSPS) is 17.8. The van der Waals surface area contributed by atoms with Crippen LogP contribution in [0, 0.1) is 6.92 Å². The number of benzene rings is 1. The first-order chi connectivity index (χ1) is 9.15. The van der Waals surface area contributed by atoms with Crippen molar-refractivity contribution in [2.45, 2.75) is 25.4 Å². The number of nitrogens with one attached hydrogen (secondary N) is 1. The highest BCUT2D eigenvalue weighted by Crippen LogP contribution is 2.26. The monoisotopic (exact) mass is 262 g/mol. The lowest BCUT2D eigenvalue weighted by molar-refractivity contribution is -0.145. The zero-order valence-corrected chi connectivity index (χ0v) is 11.7. The number of piperidine rings is 1. The summed E-state index contributed by atoms with van der Waals surface area (Å²) in [7, 11) is 2.04. The van der Waals surface area contributed by atoms with Gasteiger partial charge < -0.3 is 15.0 Å². The number of carbonyl (C=O) groups excluding carboxylic acids is 1. The second kappa shape index (κ2) is 6.06. The Kier molecular flexibility index (Phi) is 4.43. The Morgan fingerprint density at radius 1 is 1.32 bits per heavy atom. The first kappa shape index (κ1) is 13.9. The Labute approximate surface area is 114 Å². The third-order valence-electron chi connectivity index (χ3n) is 3.81. The highest BCUT2D eigenvalue weighted by atomic mass is 16.5. The summed E-state index contributed by atoms with van der Waals surface area (Å²) >= 11 is 0. The van der Waals surface area contributed by atoms with E-state index in [1.165, 1.54) is 5.56 Å². The lowest BCUT2D eigenvalue weighted by atomic mass is 9.91. The average Bonchev–Trinajstić information content (AvgIpc) is 2.40. The molecule has 0 spiro atoms. The number of ether oxygens (including phenoxy) is 1. The summed E-state index contributed by atoms with van der Waals surface area (Å²) in [5, 5.41) is 3.30. The molecule has 1 aromatic rings. The standard InChI is InChI=1S/C15H22N2O2/c1-13-3-5-14(6-4-13)17(2)11-15(19-12-18)7-9-16-10-8-15/h3-6,12,16H,7-11H2,1-2H3. The SMILES string of the molecule is Cc1ccc(N(C)CC2(OC=O)CCNCC2)cc1. The highest BCUT2D eigenvalue weighted by molar-refractivity contribution is 5.47. The molecule has 1 saturated heterocycles. The van der Waals surface area contributed by atoms with Crippen LogP contribution in [-0.2, 0) is 9.53 Å². The van der Waals surface area contributed by atoms with Crippen molar-refractivity contribution < 1.29 is 9.53 Å². The minimum absolute atomic E-state index is 0.355. The van der Waals surface area contributed by atoms with Crippen molar-refractivity contribution in [2.75, 3.05) is 31.6 Å². The third kappa shape index (κ3) is 3.47. The Morgan fingerprint density at radius 3 is 2.53 bits per heavy atom. The Morgan fingerprint density at radius 2 is 1.95 bits per heavy atom. The Hall–Kier alpha value is -1.55. The predicted molar refractivity (Wildman–Crippen MR) is 76.4 cm³/mol. The van der Waals surface area contributed by atoms with Crippen LogP contribution in [0.2, 0.25) is 0 Å². The summed E-state index contributed by atoms with van der Waals surface area (Å²) < 4.78 is 5.42. The van der Waals surface area contributed by atoms with Gasteiger partial charge in [-0.15, -0.1) is 0 Å². The molecule has 4 heteroatoms. The Bertz CT molecular complexity index is 411. The van der Waals surface area contributed by atoms with E-state index in [2.05, 4.69) is 41.4 Å². The molecule has 1 heterocycles. The number of carbonyl (C=O) groups is 1. The van der Waals surface area contributed by atoms with Crippen molar-refractivity contribution in [2.24, 2.45) is 0 Å². The van der Waals surface area contributed by atoms with Crippen LogP contribution < -0.4 is 10.2 Å². The van der Waals surface area contributed by atoms with Crippen molar-refractivity contribution in [1.82, 2.24) is 5.32 Å². The molecule has 1 fully saturated rings. The van der Waals surface area contributed by atoms with E-state index in [0.717, 1.165) is 38.2 Å². The quantitative estimate of drug-likeness (QED) is 0.821. The van der Waals surface area contributed by atoms with Crippen molar-refractivity contribution >= 4 is 12.2 Å². The van der Waals surface area contributed by atoms with Gasteiger partial charge in [0.25, 0.3) is 6.47 Å². The molecule has 19 heavy (non-hydrogen) atoms. The number of anilines is 1. The fourth-order valence-corrected chi connectivity index (χ4v) is 2.62. The van der Waals surface area contributed by atoms with Crippen molar-refractivity contribution in [3.05, 3.63) is 29.8 Å². The minimum atomic E-state index is -0.355. The molecule has 0 aliphatic carbocycles. The highest BCUT2D eigenvalue weighted by Gasteiger charge is 2.35. The maximum atomic E-state index is 10.8. The molecule has 0 atom stereocenters. The van der Waals surface area contributed by atoms with Gasteiger partial charge in [-0.2, -0.15) is 0 Å². The number of hydrogen-bond donors (Lipinski definition) is 1. The van der Waals surface area contributed by atoms with E-state index in [-0.39, 0.29) is 5.60 Å². The average molecular weight is 262 g/mol. The third-order valence-corrected chi connectivity index (χ3v) is 3.81. The van der Waals surface area contributed by atoms with Gasteiger partial charge in [-0.1, -0.05) is 17.7 Å². The lowest BCUT2D eigenvalue weighted by Crippen LogP contribution is -2.50. The molecule has 2 rings (SSSR count). The molecule has 0 saturated carbocycles. The van der Waals surface area contributed by atoms with E-state index in [1.54, 1.807) is 0 Å². The van der Waals surface area contributed by atoms with Crippen LogP contribution in [0.5, 0.6) is 0 Å². The minimum Gasteiger partial charge on any atom is -0.459 e. The number of nitrogens with zero attached hydrogens (tertiary/aromatic N) is 1. The van der Waals surface area contributed by atoms with Crippen LogP contribution >= 0.6 is 0 Å². The van der Waals surface area contributed by atoms with E-state index in [1.807, 2.05) is 7.05 Å². The number of likely N-dealkylation sites (N-methyl/N-ethyl adjacent to an activating group) is 1. The predicted octanol–water partition coefficient (Wildman–Crippen LogP) is 1.73.